The quantitative estimate of drug-likeness (QED) is 0.760. The van der Waals surface area contributed by atoms with Crippen molar-refractivity contribution >= 4 is 38.5 Å². The van der Waals surface area contributed by atoms with Gasteiger partial charge in [0.05, 0.1) is 11.2 Å². The summed E-state index contributed by atoms with van der Waals surface area (Å²) >= 11 is 3.41. The fraction of sp³-hybridized carbons (Fsp3) is 0.0769. The summed E-state index contributed by atoms with van der Waals surface area (Å²) in [5.41, 5.74) is 2.91. The number of hydrogen-bond donors (Lipinski definition) is 2. The lowest BCUT2D eigenvalue weighted by molar-refractivity contribution is 0.555. The van der Waals surface area contributed by atoms with Gasteiger partial charge in [0.25, 0.3) is 0 Å². The molecule has 0 spiro atoms. The van der Waals surface area contributed by atoms with Gasteiger partial charge in [-0.1, -0.05) is 0 Å². The topological polar surface area (TPSA) is 70.9 Å². The lowest BCUT2D eigenvalue weighted by Gasteiger charge is -2.06. The average Bonchev–Trinajstić information content (AvgIpc) is 2.73. The third-order valence-electron chi connectivity index (χ3n) is 2.71. The Balaban J connectivity index is 1.95. The number of aromatic nitrogens is 2. The van der Waals surface area contributed by atoms with Crippen molar-refractivity contribution in [3.8, 4) is 0 Å². The zero-order chi connectivity index (χ0) is 13.4. The maximum atomic E-state index is 11.1. The van der Waals surface area contributed by atoms with Gasteiger partial charge in [-0.25, -0.2) is 9.78 Å². The number of anilines is 2. The first-order valence-corrected chi connectivity index (χ1v) is 6.44. The van der Waals surface area contributed by atoms with E-state index in [1.807, 2.05) is 25.1 Å². The molecule has 0 radical (unpaired) electrons. The molecule has 0 saturated heterocycles. The molecule has 2 aromatic heterocycles. The third-order valence-corrected chi connectivity index (χ3v) is 3.55. The average molecular weight is 320 g/mol. The summed E-state index contributed by atoms with van der Waals surface area (Å²) in [5.74, 6) is 0.280. The molecule has 6 heteroatoms. The number of pyridine rings is 1. The molecule has 19 heavy (non-hydrogen) atoms. The first-order valence-electron chi connectivity index (χ1n) is 5.65. The predicted molar refractivity (Wildman–Crippen MR) is 76.8 cm³/mol. The van der Waals surface area contributed by atoms with E-state index >= 15 is 0 Å². The highest BCUT2D eigenvalue weighted by Gasteiger charge is 2.04. The first-order chi connectivity index (χ1) is 9.11. The Morgan fingerprint density at radius 1 is 1.32 bits per heavy atom. The second kappa shape index (κ2) is 4.55. The summed E-state index contributed by atoms with van der Waals surface area (Å²) in [6.45, 7) is 1.92. The summed E-state index contributed by atoms with van der Waals surface area (Å²) < 4.78 is 5.97. The van der Waals surface area contributed by atoms with E-state index in [0.29, 0.717) is 11.1 Å². The summed E-state index contributed by atoms with van der Waals surface area (Å²) in [5, 5.41) is 3.17. The van der Waals surface area contributed by atoms with Crippen LogP contribution in [0.1, 0.15) is 5.69 Å². The van der Waals surface area contributed by atoms with Gasteiger partial charge in [-0.15, -0.1) is 0 Å². The van der Waals surface area contributed by atoms with Gasteiger partial charge in [-0.05, 0) is 47.1 Å². The third kappa shape index (κ3) is 2.39. The zero-order valence-electron chi connectivity index (χ0n) is 10.0. The van der Waals surface area contributed by atoms with E-state index in [4.69, 9.17) is 4.42 Å². The van der Waals surface area contributed by atoms with E-state index in [9.17, 15) is 4.79 Å². The summed E-state index contributed by atoms with van der Waals surface area (Å²) in [6.07, 6.45) is 0. The van der Waals surface area contributed by atoms with Gasteiger partial charge in [-0.3, -0.25) is 4.98 Å². The number of nitrogens with one attached hydrogen (secondary N) is 2. The van der Waals surface area contributed by atoms with Crippen LogP contribution in [0.15, 0.2) is 44.0 Å². The molecule has 0 saturated carbocycles. The maximum Gasteiger partial charge on any atom is 0.417 e. The standard InChI is InChI=1S/C13H10BrN3O2/c1-7-9(14)3-5-12(15-7)16-8-2-4-10-11(6-8)19-13(18)17-10/h2-6H,1H3,(H,15,16)(H,17,18). The molecule has 0 amide bonds. The van der Waals surface area contributed by atoms with Crippen LogP contribution in [-0.4, -0.2) is 9.97 Å². The van der Waals surface area contributed by atoms with Gasteiger partial charge in [0, 0.05) is 16.2 Å². The van der Waals surface area contributed by atoms with E-state index < -0.39 is 5.76 Å². The normalized spacial score (nSPS) is 10.8. The van der Waals surface area contributed by atoms with Crippen molar-refractivity contribution < 1.29 is 4.42 Å². The number of hydrogen-bond acceptors (Lipinski definition) is 4. The van der Waals surface area contributed by atoms with E-state index in [0.717, 1.165) is 21.7 Å². The Kier molecular flexibility index (Phi) is 2.87. The first kappa shape index (κ1) is 12.0. The van der Waals surface area contributed by atoms with Crippen LogP contribution in [0.4, 0.5) is 11.5 Å². The van der Waals surface area contributed by atoms with Crippen LogP contribution in [-0.2, 0) is 0 Å². The SMILES string of the molecule is Cc1nc(Nc2ccc3[nH]c(=O)oc3c2)ccc1Br. The monoisotopic (exact) mass is 319 g/mol. The zero-order valence-corrected chi connectivity index (χ0v) is 11.6. The van der Waals surface area contributed by atoms with Crippen molar-refractivity contribution in [2.24, 2.45) is 0 Å². The van der Waals surface area contributed by atoms with Gasteiger partial charge >= 0.3 is 5.76 Å². The minimum Gasteiger partial charge on any atom is -0.408 e. The van der Waals surface area contributed by atoms with Gasteiger partial charge in [0.15, 0.2) is 5.58 Å². The molecule has 96 valence electrons. The second-order valence-electron chi connectivity index (χ2n) is 4.11. The Bertz CT molecular complexity index is 807. The van der Waals surface area contributed by atoms with Crippen LogP contribution in [0.5, 0.6) is 0 Å². The van der Waals surface area contributed by atoms with Crippen molar-refractivity contribution in [1.29, 1.82) is 0 Å². The summed E-state index contributed by atoms with van der Waals surface area (Å²) in [6, 6.07) is 9.20. The molecule has 2 N–H and O–H groups in total. The van der Waals surface area contributed by atoms with Gasteiger partial charge in [0.1, 0.15) is 5.82 Å². The summed E-state index contributed by atoms with van der Waals surface area (Å²) in [7, 11) is 0. The molecule has 0 aliphatic heterocycles. The fourth-order valence-corrected chi connectivity index (χ4v) is 2.01. The van der Waals surface area contributed by atoms with Crippen molar-refractivity contribution in [3.63, 3.8) is 0 Å². The molecule has 2 heterocycles. The Hall–Kier alpha value is -2.08. The smallest absolute Gasteiger partial charge is 0.408 e. The fourth-order valence-electron chi connectivity index (χ4n) is 1.78. The maximum absolute atomic E-state index is 11.1. The van der Waals surface area contributed by atoms with Crippen LogP contribution < -0.4 is 11.1 Å². The van der Waals surface area contributed by atoms with Crippen LogP contribution in [0.2, 0.25) is 0 Å². The number of aryl methyl sites for hydroxylation is 1. The van der Waals surface area contributed by atoms with Gasteiger partial charge in [0.2, 0.25) is 0 Å². The largest absolute Gasteiger partial charge is 0.417 e. The Morgan fingerprint density at radius 3 is 2.95 bits per heavy atom. The number of nitrogens with zero attached hydrogens (tertiary/aromatic N) is 1. The van der Waals surface area contributed by atoms with Crippen molar-refractivity contribution in [3.05, 3.63) is 51.0 Å². The number of fused-ring (bicyclic) bond motifs is 1. The Labute approximate surface area is 116 Å². The van der Waals surface area contributed by atoms with Gasteiger partial charge in [-0.2, -0.15) is 0 Å². The number of H-pyrrole nitrogens is 1. The molecule has 0 aliphatic rings. The molecule has 3 rings (SSSR count). The number of rotatable bonds is 2. The van der Waals surface area contributed by atoms with E-state index in [1.165, 1.54) is 0 Å². The Morgan fingerprint density at radius 2 is 2.16 bits per heavy atom. The number of benzene rings is 1. The minimum absolute atomic E-state index is 0.454. The molecule has 3 aromatic rings. The van der Waals surface area contributed by atoms with Crippen LogP contribution in [0, 0.1) is 6.92 Å². The van der Waals surface area contributed by atoms with Crippen LogP contribution in [0.3, 0.4) is 0 Å². The van der Waals surface area contributed by atoms with Crippen molar-refractivity contribution in [1.82, 2.24) is 9.97 Å². The molecular weight excluding hydrogens is 310 g/mol. The van der Waals surface area contributed by atoms with Gasteiger partial charge < -0.3 is 9.73 Å². The number of halogens is 1. The molecule has 0 unspecified atom stereocenters. The highest BCUT2D eigenvalue weighted by Crippen LogP contribution is 2.22. The molecule has 5 nitrogen and oxygen atoms in total. The lowest BCUT2D eigenvalue weighted by atomic mass is 10.3. The number of oxazole rings is 1. The molecule has 1 aromatic carbocycles. The molecule has 0 fully saturated rings. The number of aromatic amines is 1. The van der Waals surface area contributed by atoms with E-state index in [2.05, 4.69) is 31.2 Å². The highest BCUT2D eigenvalue weighted by atomic mass is 79.9. The van der Waals surface area contributed by atoms with E-state index in [1.54, 1.807) is 12.1 Å². The molecule has 0 bridgehead atoms. The van der Waals surface area contributed by atoms with Crippen molar-refractivity contribution in [2.75, 3.05) is 5.32 Å². The predicted octanol–water partition coefficient (Wildman–Crippen LogP) is 3.33. The van der Waals surface area contributed by atoms with Crippen molar-refractivity contribution in [2.45, 2.75) is 6.92 Å². The van der Waals surface area contributed by atoms with Crippen LogP contribution >= 0.6 is 15.9 Å². The molecule has 0 aliphatic carbocycles. The summed E-state index contributed by atoms with van der Waals surface area (Å²) in [4.78, 5) is 18.1. The van der Waals surface area contributed by atoms with E-state index in [-0.39, 0.29) is 0 Å². The molecular formula is C13H10BrN3O2. The molecule has 0 atom stereocenters. The second-order valence-corrected chi connectivity index (χ2v) is 4.97. The minimum atomic E-state index is -0.454. The van der Waals surface area contributed by atoms with Crippen LogP contribution in [0.25, 0.3) is 11.1 Å². The lowest BCUT2D eigenvalue weighted by Crippen LogP contribution is -1.95. The highest BCUT2D eigenvalue weighted by molar-refractivity contribution is 9.10.